The number of carbonyl (C=O) groups excluding carboxylic acids is 2. The number of ether oxygens (including phenoxy) is 3. The molecule has 0 saturated heterocycles. The molecular formula is C26H34N2O5S. The molecule has 1 saturated carbocycles. The Hall–Kier alpha value is -2.58. The Morgan fingerprint density at radius 2 is 1.94 bits per heavy atom. The first-order valence-corrected chi connectivity index (χ1v) is 13.2. The third-order valence-corrected chi connectivity index (χ3v) is 7.21. The van der Waals surface area contributed by atoms with Gasteiger partial charge in [0.15, 0.2) is 11.5 Å². The maximum absolute atomic E-state index is 13.8. The molecule has 0 bridgehead atoms. The molecule has 0 spiro atoms. The molecule has 1 aromatic heterocycles. The average Bonchev–Trinajstić information content (AvgIpc) is 3.40. The summed E-state index contributed by atoms with van der Waals surface area (Å²) in [6.07, 6.45) is 5.24. The normalized spacial score (nSPS) is 18.8. The lowest BCUT2D eigenvalue weighted by molar-refractivity contribution is -0.148. The van der Waals surface area contributed by atoms with Crippen molar-refractivity contribution < 1.29 is 23.8 Å². The first-order chi connectivity index (χ1) is 16.7. The molecule has 1 aliphatic carbocycles. The third kappa shape index (κ3) is 6.10. The van der Waals surface area contributed by atoms with E-state index >= 15 is 0 Å². The van der Waals surface area contributed by atoms with Gasteiger partial charge in [0.2, 0.25) is 12.0 Å². The summed E-state index contributed by atoms with van der Waals surface area (Å²) >= 11 is 1.49. The molecule has 0 unspecified atom stereocenters. The summed E-state index contributed by atoms with van der Waals surface area (Å²) in [7, 11) is 0. The van der Waals surface area contributed by atoms with Crippen LogP contribution in [0.3, 0.4) is 0 Å². The Morgan fingerprint density at radius 3 is 2.68 bits per heavy atom. The van der Waals surface area contributed by atoms with Crippen molar-refractivity contribution in [1.82, 2.24) is 10.2 Å². The number of nitrogens with zero attached hydrogens (tertiary/aromatic N) is 1. The second-order valence-electron chi connectivity index (χ2n) is 8.71. The molecule has 1 fully saturated rings. The van der Waals surface area contributed by atoms with Gasteiger partial charge in [0.05, 0.1) is 0 Å². The van der Waals surface area contributed by atoms with E-state index in [1.54, 1.807) is 11.0 Å². The second kappa shape index (κ2) is 12.2. The summed E-state index contributed by atoms with van der Waals surface area (Å²) in [5.41, 5.74) is 0. The summed E-state index contributed by atoms with van der Waals surface area (Å²) in [5, 5.41) is 5.17. The molecule has 8 heteroatoms. The molecule has 2 aliphatic rings. The lowest BCUT2D eigenvalue weighted by Crippen LogP contribution is -2.52. The van der Waals surface area contributed by atoms with E-state index in [1.807, 2.05) is 42.6 Å². The van der Waals surface area contributed by atoms with E-state index < -0.39 is 12.1 Å². The van der Waals surface area contributed by atoms with Crippen molar-refractivity contribution in [3.63, 3.8) is 0 Å². The van der Waals surface area contributed by atoms with Gasteiger partial charge in [0, 0.05) is 30.7 Å². The van der Waals surface area contributed by atoms with Gasteiger partial charge in [-0.25, -0.2) is 0 Å². The predicted octanol–water partition coefficient (Wildman–Crippen LogP) is 4.33. The highest BCUT2D eigenvalue weighted by atomic mass is 32.1. The van der Waals surface area contributed by atoms with Crippen LogP contribution in [-0.4, -0.2) is 55.2 Å². The van der Waals surface area contributed by atoms with Crippen molar-refractivity contribution >= 4 is 23.2 Å². The standard InChI is InChI=1S/C26H34N2O5S/c1-2-31-16-9-15-28(26(30)22-18-32-20-12-6-7-13-21(20)33-22)24(23-14-8-17-34-23)25(29)27-19-10-4-3-5-11-19/h6-8,12-14,17,19,22,24H,2-5,9-11,15-16,18H2,1H3,(H,27,29)/t22-,24-/m0/s1. The maximum Gasteiger partial charge on any atom is 0.268 e. The van der Waals surface area contributed by atoms with Crippen molar-refractivity contribution in [3.05, 3.63) is 46.7 Å². The molecular weight excluding hydrogens is 452 g/mol. The molecule has 1 aliphatic heterocycles. The fourth-order valence-corrected chi connectivity index (χ4v) is 5.41. The molecule has 7 nitrogen and oxygen atoms in total. The monoisotopic (exact) mass is 486 g/mol. The van der Waals surface area contributed by atoms with E-state index in [0.29, 0.717) is 37.7 Å². The van der Waals surface area contributed by atoms with Gasteiger partial charge in [-0.05, 0) is 49.8 Å². The van der Waals surface area contributed by atoms with Gasteiger partial charge in [-0.2, -0.15) is 0 Å². The SMILES string of the molecule is CCOCCCN(C(=O)[C@@H]1COc2ccccc2O1)[C@H](C(=O)NC1CCCCC1)c1cccs1. The fraction of sp³-hybridized carbons (Fsp3) is 0.538. The molecule has 4 rings (SSSR count). The number of thiophene rings is 1. The molecule has 184 valence electrons. The van der Waals surface area contributed by atoms with Gasteiger partial charge in [-0.15, -0.1) is 11.3 Å². The zero-order valence-corrected chi connectivity index (χ0v) is 20.6. The highest BCUT2D eigenvalue weighted by molar-refractivity contribution is 7.10. The topological polar surface area (TPSA) is 77.1 Å². The van der Waals surface area contributed by atoms with Crippen LogP contribution in [-0.2, 0) is 14.3 Å². The minimum absolute atomic E-state index is 0.110. The van der Waals surface area contributed by atoms with Gasteiger partial charge in [-0.1, -0.05) is 37.5 Å². The molecule has 34 heavy (non-hydrogen) atoms. The van der Waals surface area contributed by atoms with Gasteiger partial charge in [0.1, 0.15) is 12.6 Å². The quantitative estimate of drug-likeness (QED) is 0.506. The molecule has 1 N–H and O–H groups in total. The molecule has 2 atom stereocenters. The lowest BCUT2D eigenvalue weighted by atomic mass is 9.95. The molecule has 1 aromatic carbocycles. The number of hydrogen-bond donors (Lipinski definition) is 1. The Morgan fingerprint density at radius 1 is 1.15 bits per heavy atom. The molecule has 2 aromatic rings. The Kier molecular flexibility index (Phi) is 8.82. The van der Waals surface area contributed by atoms with Crippen molar-refractivity contribution in [3.8, 4) is 11.5 Å². The van der Waals surface area contributed by atoms with Crippen LogP contribution in [0, 0.1) is 0 Å². The number of fused-ring (bicyclic) bond motifs is 1. The van der Waals surface area contributed by atoms with Crippen LogP contribution in [0.15, 0.2) is 41.8 Å². The van der Waals surface area contributed by atoms with Crippen LogP contribution < -0.4 is 14.8 Å². The number of rotatable bonds is 10. The van der Waals surface area contributed by atoms with Crippen LogP contribution in [0.5, 0.6) is 11.5 Å². The number of carbonyl (C=O) groups is 2. The van der Waals surface area contributed by atoms with E-state index in [1.165, 1.54) is 17.8 Å². The summed E-state index contributed by atoms with van der Waals surface area (Å²) in [4.78, 5) is 29.9. The van der Waals surface area contributed by atoms with Crippen LogP contribution in [0.1, 0.15) is 56.4 Å². The van der Waals surface area contributed by atoms with Crippen molar-refractivity contribution in [2.24, 2.45) is 0 Å². The number of hydrogen-bond acceptors (Lipinski definition) is 6. The molecule has 2 heterocycles. The summed E-state index contributed by atoms with van der Waals surface area (Å²) in [5.74, 6) is 0.791. The lowest BCUT2D eigenvalue weighted by Gasteiger charge is -2.35. The summed E-state index contributed by atoms with van der Waals surface area (Å²) in [6.45, 7) is 3.58. The highest BCUT2D eigenvalue weighted by Crippen LogP contribution is 2.33. The van der Waals surface area contributed by atoms with Gasteiger partial charge < -0.3 is 24.4 Å². The third-order valence-electron chi connectivity index (χ3n) is 6.28. The molecule has 0 radical (unpaired) electrons. The maximum atomic E-state index is 13.8. The van der Waals surface area contributed by atoms with Crippen LogP contribution >= 0.6 is 11.3 Å². The smallest absolute Gasteiger partial charge is 0.268 e. The van der Waals surface area contributed by atoms with Crippen molar-refractivity contribution in [1.29, 1.82) is 0 Å². The number of para-hydroxylation sites is 2. The fourth-order valence-electron chi connectivity index (χ4n) is 4.57. The van der Waals surface area contributed by atoms with E-state index in [4.69, 9.17) is 14.2 Å². The largest absolute Gasteiger partial charge is 0.485 e. The number of benzene rings is 1. The van der Waals surface area contributed by atoms with E-state index in [-0.39, 0.29) is 24.5 Å². The van der Waals surface area contributed by atoms with Crippen LogP contribution in [0.2, 0.25) is 0 Å². The van der Waals surface area contributed by atoms with Crippen molar-refractivity contribution in [2.45, 2.75) is 63.6 Å². The Labute approximate surface area is 205 Å². The van der Waals surface area contributed by atoms with Gasteiger partial charge in [-0.3, -0.25) is 9.59 Å². The Bertz CT molecular complexity index is 929. The molecule has 2 amide bonds. The van der Waals surface area contributed by atoms with Crippen LogP contribution in [0.4, 0.5) is 0 Å². The summed E-state index contributed by atoms with van der Waals surface area (Å²) < 4.78 is 17.3. The van der Waals surface area contributed by atoms with Gasteiger partial charge in [0.25, 0.3) is 5.91 Å². The van der Waals surface area contributed by atoms with E-state index in [0.717, 1.165) is 30.6 Å². The average molecular weight is 487 g/mol. The number of nitrogens with one attached hydrogen (secondary N) is 1. The second-order valence-corrected chi connectivity index (χ2v) is 9.69. The minimum Gasteiger partial charge on any atom is -0.485 e. The Balaban J connectivity index is 1.56. The van der Waals surface area contributed by atoms with Gasteiger partial charge >= 0.3 is 0 Å². The van der Waals surface area contributed by atoms with Crippen LogP contribution in [0.25, 0.3) is 0 Å². The first-order valence-electron chi connectivity index (χ1n) is 12.3. The highest BCUT2D eigenvalue weighted by Gasteiger charge is 2.38. The van der Waals surface area contributed by atoms with E-state index in [9.17, 15) is 9.59 Å². The zero-order valence-electron chi connectivity index (χ0n) is 19.7. The van der Waals surface area contributed by atoms with E-state index in [2.05, 4.69) is 5.32 Å². The minimum atomic E-state index is -0.813. The van der Waals surface area contributed by atoms with Crippen molar-refractivity contribution in [2.75, 3.05) is 26.4 Å². The summed E-state index contributed by atoms with van der Waals surface area (Å²) in [6, 6.07) is 10.6. The zero-order chi connectivity index (χ0) is 23.8. The first kappa shape index (κ1) is 24.5. The number of amides is 2. The predicted molar refractivity (Wildman–Crippen MR) is 131 cm³/mol.